The molecule has 0 amide bonds. The molecule has 0 fully saturated rings. The largest absolute Gasteiger partial charge is 0.493 e. The number of pyridine rings is 1. The highest BCUT2D eigenvalue weighted by atomic mass is 19.1. The van der Waals surface area contributed by atoms with Crippen molar-refractivity contribution in [3.8, 4) is 17.0 Å². The summed E-state index contributed by atoms with van der Waals surface area (Å²) in [6.07, 6.45) is 1.45. The number of benzene rings is 2. The van der Waals surface area contributed by atoms with Crippen LogP contribution in [0.1, 0.15) is 35.5 Å². The van der Waals surface area contributed by atoms with Crippen molar-refractivity contribution < 1.29 is 27.8 Å². The number of rotatable bonds is 10. The van der Waals surface area contributed by atoms with Gasteiger partial charge in [-0.1, -0.05) is 24.3 Å². The van der Waals surface area contributed by atoms with E-state index in [9.17, 15) is 23.1 Å². The molecule has 0 spiro atoms. The maximum atomic E-state index is 14.1. The average molecular weight is 526 g/mol. The lowest BCUT2D eigenvalue weighted by molar-refractivity contribution is 0.116. The van der Waals surface area contributed by atoms with Crippen molar-refractivity contribution in [3.63, 3.8) is 0 Å². The van der Waals surface area contributed by atoms with Gasteiger partial charge in [0.05, 0.1) is 18.2 Å². The molecular formula is C28H26F3N3O4. The highest BCUT2D eigenvalue weighted by molar-refractivity contribution is 5.62. The van der Waals surface area contributed by atoms with E-state index >= 15 is 0 Å². The number of ether oxygens (including phenoxy) is 2. The second-order valence-electron chi connectivity index (χ2n) is 8.56. The van der Waals surface area contributed by atoms with Crippen LogP contribution in [0.15, 0.2) is 65.6 Å². The summed E-state index contributed by atoms with van der Waals surface area (Å²) in [5, 5.41) is 10.7. The first kappa shape index (κ1) is 27.0. The van der Waals surface area contributed by atoms with E-state index in [-0.39, 0.29) is 36.6 Å². The predicted molar refractivity (Wildman–Crippen MR) is 134 cm³/mol. The molecule has 2 aromatic heterocycles. The van der Waals surface area contributed by atoms with Gasteiger partial charge in [-0.3, -0.25) is 9.36 Å². The second-order valence-corrected chi connectivity index (χ2v) is 8.56. The van der Waals surface area contributed by atoms with Crippen LogP contribution in [0.25, 0.3) is 11.1 Å². The van der Waals surface area contributed by atoms with Gasteiger partial charge in [-0.2, -0.15) is 9.37 Å². The molecule has 1 N–H and O–H groups in total. The van der Waals surface area contributed by atoms with Crippen molar-refractivity contribution >= 4 is 0 Å². The fourth-order valence-corrected chi connectivity index (χ4v) is 4.18. The van der Waals surface area contributed by atoms with Gasteiger partial charge in [0.1, 0.15) is 24.1 Å². The Morgan fingerprint density at radius 3 is 2.29 bits per heavy atom. The molecule has 0 saturated heterocycles. The molecule has 38 heavy (non-hydrogen) atoms. The van der Waals surface area contributed by atoms with Crippen LogP contribution in [0, 0.1) is 17.6 Å². The number of hydrogen-bond donors (Lipinski definition) is 1. The monoisotopic (exact) mass is 525 g/mol. The molecule has 4 aromatic rings. The van der Waals surface area contributed by atoms with Gasteiger partial charge < -0.3 is 14.6 Å². The third-order valence-corrected chi connectivity index (χ3v) is 6.00. The van der Waals surface area contributed by atoms with Crippen LogP contribution in [0.4, 0.5) is 13.2 Å². The molecule has 7 nitrogen and oxygen atoms in total. The van der Waals surface area contributed by atoms with E-state index in [4.69, 9.17) is 9.47 Å². The summed E-state index contributed by atoms with van der Waals surface area (Å²) >= 11 is 0. The highest BCUT2D eigenvalue weighted by Gasteiger charge is 2.25. The summed E-state index contributed by atoms with van der Waals surface area (Å²) in [5.41, 5.74) is 1.78. The van der Waals surface area contributed by atoms with Crippen LogP contribution >= 0.6 is 0 Å². The van der Waals surface area contributed by atoms with Crippen molar-refractivity contribution in [2.75, 3.05) is 20.3 Å². The van der Waals surface area contributed by atoms with Crippen molar-refractivity contribution in [2.24, 2.45) is 0 Å². The lowest BCUT2D eigenvalue weighted by Gasteiger charge is -2.24. The zero-order valence-corrected chi connectivity index (χ0v) is 20.8. The molecule has 198 valence electrons. The minimum absolute atomic E-state index is 0.000532. The van der Waals surface area contributed by atoms with Crippen molar-refractivity contribution in [3.05, 3.63) is 111 Å². The Hall–Kier alpha value is -4.02. The van der Waals surface area contributed by atoms with Crippen molar-refractivity contribution in [1.82, 2.24) is 14.5 Å². The molecule has 0 aliphatic carbocycles. The van der Waals surface area contributed by atoms with Gasteiger partial charge in [0.25, 0.3) is 5.56 Å². The van der Waals surface area contributed by atoms with Crippen LogP contribution in [-0.4, -0.2) is 40.0 Å². The number of aromatic hydroxyl groups is 1. The third-order valence-electron chi connectivity index (χ3n) is 6.00. The van der Waals surface area contributed by atoms with Crippen LogP contribution in [0.2, 0.25) is 0 Å². The molecular weight excluding hydrogens is 499 g/mol. The average Bonchev–Trinajstić information content (AvgIpc) is 2.89. The fourth-order valence-electron chi connectivity index (χ4n) is 4.18. The molecule has 1 atom stereocenters. The highest BCUT2D eigenvalue weighted by Crippen LogP contribution is 2.25. The van der Waals surface area contributed by atoms with Gasteiger partial charge in [0, 0.05) is 38.0 Å². The van der Waals surface area contributed by atoms with Crippen molar-refractivity contribution in [2.45, 2.75) is 26.0 Å². The number of nitrogens with zero attached hydrogens (tertiary/aromatic N) is 3. The molecule has 0 unspecified atom stereocenters. The number of hydrogen-bond acceptors (Lipinski definition) is 6. The Morgan fingerprint density at radius 1 is 1.00 bits per heavy atom. The normalized spacial score (nSPS) is 12.0. The van der Waals surface area contributed by atoms with E-state index < -0.39 is 35.1 Å². The minimum atomic E-state index is -0.937. The molecule has 0 radical (unpaired) electrons. The Kier molecular flexibility index (Phi) is 8.55. The first-order chi connectivity index (χ1) is 18.3. The topological polar surface area (TPSA) is 86.5 Å². The summed E-state index contributed by atoms with van der Waals surface area (Å²) in [5.74, 6) is -2.56. The first-order valence-corrected chi connectivity index (χ1v) is 11.9. The SMILES string of the molecule is CCOCc1nc(O)c(Cc2ccc(-c3ccc(F)nc3)cc2)c(=O)n1[C@@H](COC)c1cc(F)cc(F)c1. The maximum Gasteiger partial charge on any atom is 0.261 e. The smallest absolute Gasteiger partial charge is 0.261 e. The van der Waals surface area contributed by atoms with Gasteiger partial charge in [0.15, 0.2) is 0 Å². The zero-order chi connectivity index (χ0) is 27.2. The standard InChI is InChI=1S/C28H26F3N3O4/c1-3-38-16-26-33-27(35)23(10-17-4-6-18(7-5-17)19-8-9-25(31)32-14-19)28(36)34(26)24(15-37-2)20-11-21(29)13-22(30)12-20/h4-9,11-14,24,35H,3,10,15-16H2,1-2H3/t24-/m0/s1. The van der Waals surface area contributed by atoms with E-state index in [0.717, 1.165) is 29.3 Å². The lowest BCUT2D eigenvalue weighted by Crippen LogP contribution is -2.34. The van der Waals surface area contributed by atoms with Gasteiger partial charge in [-0.15, -0.1) is 0 Å². The molecule has 0 aliphatic heterocycles. The molecule has 2 heterocycles. The van der Waals surface area contributed by atoms with Crippen LogP contribution in [0.3, 0.4) is 0 Å². The second kappa shape index (κ2) is 12.0. The summed E-state index contributed by atoms with van der Waals surface area (Å²) in [7, 11) is 1.41. The Balaban J connectivity index is 1.76. The van der Waals surface area contributed by atoms with Crippen LogP contribution in [-0.2, 0) is 22.5 Å². The molecule has 2 aromatic carbocycles. The van der Waals surface area contributed by atoms with Gasteiger partial charge in [0.2, 0.25) is 11.8 Å². The van der Waals surface area contributed by atoms with E-state index in [2.05, 4.69) is 9.97 Å². The molecule has 0 bridgehead atoms. The van der Waals surface area contributed by atoms with E-state index in [1.165, 1.54) is 23.9 Å². The first-order valence-electron chi connectivity index (χ1n) is 11.9. The fraction of sp³-hybridized carbons (Fsp3) is 0.250. The van der Waals surface area contributed by atoms with Crippen molar-refractivity contribution in [1.29, 1.82) is 0 Å². The van der Waals surface area contributed by atoms with Crippen LogP contribution in [0.5, 0.6) is 5.88 Å². The Bertz CT molecular complexity index is 1440. The van der Waals surface area contributed by atoms with E-state index in [1.807, 2.05) is 0 Å². The zero-order valence-electron chi connectivity index (χ0n) is 20.8. The Morgan fingerprint density at radius 2 is 1.68 bits per heavy atom. The van der Waals surface area contributed by atoms with Gasteiger partial charge in [-0.05, 0) is 47.9 Å². The number of methoxy groups -OCH3 is 1. The van der Waals surface area contributed by atoms with Gasteiger partial charge in [-0.25, -0.2) is 13.8 Å². The van der Waals surface area contributed by atoms with Crippen LogP contribution < -0.4 is 5.56 Å². The number of aromatic nitrogens is 3. The summed E-state index contributed by atoms with van der Waals surface area (Å²) in [4.78, 5) is 21.7. The summed E-state index contributed by atoms with van der Waals surface area (Å²) in [6.45, 7) is 1.88. The molecule has 0 aliphatic rings. The minimum Gasteiger partial charge on any atom is -0.493 e. The summed E-state index contributed by atoms with van der Waals surface area (Å²) in [6, 6.07) is 12.0. The molecule has 4 rings (SSSR count). The Labute approximate surface area is 217 Å². The lowest BCUT2D eigenvalue weighted by atomic mass is 10.0. The van der Waals surface area contributed by atoms with E-state index in [1.54, 1.807) is 37.3 Å². The molecule has 0 saturated carbocycles. The maximum absolute atomic E-state index is 14.1. The number of halogens is 3. The van der Waals surface area contributed by atoms with Gasteiger partial charge >= 0.3 is 0 Å². The molecule has 10 heteroatoms. The summed E-state index contributed by atoms with van der Waals surface area (Å²) < 4.78 is 53.3. The quantitative estimate of drug-likeness (QED) is 0.300. The van der Waals surface area contributed by atoms with E-state index in [0.29, 0.717) is 12.2 Å². The predicted octanol–water partition coefficient (Wildman–Crippen LogP) is 4.79. The third kappa shape index (κ3) is 6.09.